The smallest absolute Gasteiger partial charge is 0.253 e. The Morgan fingerprint density at radius 2 is 1.85 bits per heavy atom. The second-order valence-corrected chi connectivity index (χ2v) is 6.05. The standard InChI is InChI=1S/C21H22N2O4/c1-3-27-18-10-8-17(9-11-18)23(20(24)14-26-2)13-16-12-15-6-4-5-7-19(15)22-21(16)25/h4-12H,3,13-14H2,1-2H3,(H,22,25). The van der Waals surface area contributed by atoms with Gasteiger partial charge in [-0.15, -0.1) is 0 Å². The Kier molecular flexibility index (Phi) is 5.88. The minimum Gasteiger partial charge on any atom is -0.494 e. The fourth-order valence-electron chi connectivity index (χ4n) is 2.89. The lowest BCUT2D eigenvalue weighted by atomic mass is 10.1. The molecule has 3 aromatic rings. The van der Waals surface area contributed by atoms with E-state index in [4.69, 9.17) is 9.47 Å². The van der Waals surface area contributed by atoms with Crippen molar-refractivity contribution in [2.45, 2.75) is 13.5 Å². The third-order valence-corrected chi connectivity index (χ3v) is 4.19. The highest BCUT2D eigenvalue weighted by atomic mass is 16.5. The first-order valence-corrected chi connectivity index (χ1v) is 8.75. The van der Waals surface area contributed by atoms with Crippen LogP contribution in [0.25, 0.3) is 10.9 Å². The molecule has 0 bridgehead atoms. The number of para-hydroxylation sites is 1. The fraction of sp³-hybridized carbons (Fsp3) is 0.238. The van der Waals surface area contributed by atoms with Gasteiger partial charge in [-0.1, -0.05) is 18.2 Å². The number of amides is 1. The average molecular weight is 366 g/mol. The zero-order chi connectivity index (χ0) is 19.2. The SMILES string of the molecule is CCOc1ccc(N(Cc2cc3ccccc3[nH]c2=O)C(=O)COC)cc1. The minimum absolute atomic E-state index is 0.0707. The molecule has 1 heterocycles. The van der Waals surface area contributed by atoms with Crippen LogP contribution in [0.4, 0.5) is 5.69 Å². The lowest BCUT2D eigenvalue weighted by molar-refractivity contribution is -0.122. The number of ether oxygens (including phenoxy) is 2. The maximum atomic E-state index is 12.6. The summed E-state index contributed by atoms with van der Waals surface area (Å²) in [6.07, 6.45) is 0. The van der Waals surface area contributed by atoms with Crippen LogP contribution >= 0.6 is 0 Å². The zero-order valence-corrected chi connectivity index (χ0v) is 15.4. The molecule has 0 spiro atoms. The van der Waals surface area contributed by atoms with Crippen molar-refractivity contribution in [3.63, 3.8) is 0 Å². The van der Waals surface area contributed by atoms with Gasteiger partial charge in [0.1, 0.15) is 12.4 Å². The summed E-state index contributed by atoms with van der Waals surface area (Å²) in [6.45, 7) is 2.56. The summed E-state index contributed by atoms with van der Waals surface area (Å²) in [7, 11) is 1.47. The fourth-order valence-corrected chi connectivity index (χ4v) is 2.89. The van der Waals surface area contributed by atoms with Gasteiger partial charge in [-0.05, 0) is 48.7 Å². The van der Waals surface area contributed by atoms with Crippen LogP contribution in [0, 0.1) is 0 Å². The molecule has 1 aromatic heterocycles. The van der Waals surface area contributed by atoms with Gasteiger partial charge in [0.05, 0.1) is 13.2 Å². The van der Waals surface area contributed by atoms with Crippen LogP contribution in [-0.2, 0) is 16.1 Å². The maximum absolute atomic E-state index is 12.6. The van der Waals surface area contributed by atoms with Gasteiger partial charge in [0, 0.05) is 23.9 Å². The molecule has 0 aliphatic carbocycles. The molecule has 0 radical (unpaired) electrons. The second kappa shape index (κ2) is 8.51. The average Bonchev–Trinajstić information content (AvgIpc) is 2.67. The number of H-pyrrole nitrogens is 1. The first kappa shape index (κ1) is 18.7. The lowest BCUT2D eigenvalue weighted by Gasteiger charge is -2.23. The Morgan fingerprint density at radius 1 is 1.11 bits per heavy atom. The van der Waals surface area contributed by atoms with Crippen molar-refractivity contribution in [2.24, 2.45) is 0 Å². The molecule has 0 atom stereocenters. The Bertz CT molecular complexity index is 979. The Balaban J connectivity index is 1.95. The second-order valence-electron chi connectivity index (χ2n) is 6.05. The number of pyridine rings is 1. The molecular formula is C21H22N2O4. The third kappa shape index (κ3) is 4.35. The minimum atomic E-state index is -0.228. The molecule has 6 nitrogen and oxygen atoms in total. The monoisotopic (exact) mass is 366 g/mol. The summed E-state index contributed by atoms with van der Waals surface area (Å²) in [5, 5.41) is 0.915. The van der Waals surface area contributed by atoms with Crippen molar-refractivity contribution >= 4 is 22.5 Å². The molecular weight excluding hydrogens is 344 g/mol. The number of fused-ring (bicyclic) bond motifs is 1. The van der Waals surface area contributed by atoms with E-state index >= 15 is 0 Å². The van der Waals surface area contributed by atoms with Crippen LogP contribution in [0.15, 0.2) is 59.4 Å². The number of carbonyl (C=O) groups excluding carboxylic acids is 1. The highest BCUT2D eigenvalue weighted by molar-refractivity contribution is 5.94. The molecule has 140 valence electrons. The summed E-state index contributed by atoms with van der Waals surface area (Å²) >= 11 is 0. The molecule has 0 fully saturated rings. The van der Waals surface area contributed by atoms with Gasteiger partial charge in [-0.2, -0.15) is 0 Å². The van der Waals surface area contributed by atoms with Gasteiger partial charge < -0.3 is 19.4 Å². The zero-order valence-electron chi connectivity index (χ0n) is 15.4. The molecule has 27 heavy (non-hydrogen) atoms. The van der Waals surface area contributed by atoms with Crippen LogP contribution in [-0.4, -0.2) is 31.2 Å². The van der Waals surface area contributed by atoms with E-state index in [1.807, 2.05) is 37.3 Å². The summed E-state index contributed by atoms with van der Waals surface area (Å²) in [5.74, 6) is 0.498. The van der Waals surface area contributed by atoms with Crippen LogP contribution in [0.5, 0.6) is 5.75 Å². The molecule has 1 N–H and O–H groups in total. The largest absolute Gasteiger partial charge is 0.494 e. The number of benzene rings is 2. The number of aromatic nitrogens is 1. The highest BCUT2D eigenvalue weighted by Gasteiger charge is 2.18. The number of aromatic amines is 1. The Labute approximate surface area is 157 Å². The predicted molar refractivity (Wildman–Crippen MR) is 105 cm³/mol. The number of anilines is 1. The number of nitrogens with zero attached hydrogens (tertiary/aromatic N) is 1. The van der Waals surface area contributed by atoms with E-state index in [-0.39, 0.29) is 24.6 Å². The van der Waals surface area contributed by atoms with Crippen LogP contribution < -0.4 is 15.2 Å². The van der Waals surface area contributed by atoms with Gasteiger partial charge in [-0.25, -0.2) is 0 Å². The number of methoxy groups -OCH3 is 1. The quantitative estimate of drug-likeness (QED) is 0.697. The molecule has 0 unspecified atom stereocenters. The molecule has 0 aliphatic rings. The number of nitrogens with one attached hydrogen (secondary N) is 1. The number of hydrogen-bond donors (Lipinski definition) is 1. The van der Waals surface area contributed by atoms with Crippen molar-refractivity contribution in [1.29, 1.82) is 0 Å². The van der Waals surface area contributed by atoms with E-state index in [2.05, 4.69) is 4.98 Å². The van der Waals surface area contributed by atoms with Crippen molar-refractivity contribution < 1.29 is 14.3 Å². The van der Waals surface area contributed by atoms with Crippen molar-refractivity contribution in [3.8, 4) is 5.75 Å². The molecule has 6 heteroatoms. The Morgan fingerprint density at radius 3 is 2.56 bits per heavy atom. The predicted octanol–water partition coefficient (Wildman–Crippen LogP) is 3.11. The van der Waals surface area contributed by atoms with Gasteiger partial charge in [0.25, 0.3) is 11.5 Å². The summed E-state index contributed by atoms with van der Waals surface area (Å²) in [6, 6.07) is 16.6. The normalized spacial score (nSPS) is 10.7. The summed E-state index contributed by atoms with van der Waals surface area (Å²) in [5.41, 5.74) is 1.73. The molecule has 3 rings (SSSR count). The van der Waals surface area contributed by atoms with E-state index < -0.39 is 0 Å². The van der Waals surface area contributed by atoms with Gasteiger partial charge in [0.2, 0.25) is 0 Å². The first-order valence-electron chi connectivity index (χ1n) is 8.75. The van der Waals surface area contributed by atoms with Crippen LogP contribution in [0.1, 0.15) is 12.5 Å². The molecule has 0 aliphatic heterocycles. The number of hydrogen-bond acceptors (Lipinski definition) is 4. The number of carbonyl (C=O) groups is 1. The van der Waals surface area contributed by atoms with Crippen LogP contribution in [0.3, 0.4) is 0 Å². The highest BCUT2D eigenvalue weighted by Crippen LogP contribution is 2.22. The molecule has 1 amide bonds. The van der Waals surface area contributed by atoms with E-state index in [0.717, 1.165) is 16.7 Å². The van der Waals surface area contributed by atoms with E-state index in [0.29, 0.717) is 17.9 Å². The molecule has 2 aromatic carbocycles. The molecule has 0 saturated carbocycles. The lowest BCUT2D eigenvalue weighted by Crippen LogP contribution is -2.35. The Hall–Kier alpha value is -3.12. The van der Waals surface area contributed by atoms with Crippen molar-refractivity contribution in [1.82, 2.24) is 4.98 Å². The summed E-state index contributed by atoms with van der Waals surface area (Å²) < 4.78 is 10.5. The van der Waals surface area contributed by atoms with Gasteiger partial charge >= 0.3 is 0 Å². The maximum Gasteiger partial charge on any atom is 0.253 e. The van der Waals surface area contributed by atoms with Crippen LogP contribution in [0.2, 0.25) is 0 Å². The van der Waals surface area contributed by atoms with Crippen molar-refractivity contribution in [3.05, 3.63) is 70.5 Å². The summed E-state index contributed by atoms with van der Waals surface area (Å²) in [4.78, 5) is 29.5. The van der Waals surface area contributed by atoms with E-state index in [9.17, 15) is 9.59 Å². The van der Waals surface area contributed by atoms with Crippen molar-refractivity contribution in [2.75, 3.05) is 25.2 Å². The van der Waals surface area contributed by atoms with E-state index in [1.54, 1.807) is 29.2 Å². The first-order chi connectivity index (χ1) is 13.1. The van der Waals surface area contributed by atoms with Gasteiger partial charge in [-0.3, -0.25) is 9.59 Å². The van der Waals surface area contributed by atoms with E-state index in [1.165, 1.54) is 7.11 Å². The number of rotatable bonds is 7. The third-order valence-electron chi connectivity index (χ3n) is 4.19. The topological polar surface area (TPSA) is 71.6 Å². The molecule has 0 saturated heterocycles. The van der Waals surface area contributed by atoms with Gasteiger partial charge in [0.15, 0.2) is 0 Å².